The molecule has 144 valence electrons. The van der Waals surface area contributed by atoms with E-state index >= 15 is 0 Å². The number of hydroxylamine groups is 1. The number of hydrogen-bond donors (Lipinski definition) is 1. The van der Waals surface area contributed by atoms with Gasteiger partial charge in [-0.3, -0.25) is 9.63 Å². The molecule has 1 heterocycles. The molecule has 2 aromatic rings. The first-order chi connectivity index (χ1) is 12.8. The molecule has 0 aromatic heterocycles. The van der Waals surface area contributed by atoms with E-state index in [0.29, 0.717) is 6.42 Å². The van der Waals surface area contributed by atoms with Crippen molar-refractivity contribution in [1.29, 1.82) is 0 Å². The van der Waals surface area contributed by atoms with Crippen LogP contribution in [0, 0.1) is 5.82 Å². The molecule has 1 aliphatic heterocycles. The number of halogens is 1. The van der Waals surface area contributed by atoms with Crippen LogP contribution in [0.25, 0.3) is 0 Å². The van der Waals surface area contributed by atoms with E-state index in [1.54, 1.807) is 17.8 Å². The lowest BCUT2D eigenvalue weighted by atomic mass is 10.0. The summed E-state index contributed by atoms with van der Waals surface area (Å²) in [7, 11) is -1.34. The Hall–Kier alpha value is -1.94. The van der Waals surface area contributed by atoms with Crippen molar-refractivity contribution in [3.63, 3.8) is 0 Å². The average molecular weight is 410 g/mol. The number of rotatable bonds is 5. The van der Waals surface area contributed by atoms with Crippen LogP contribution in [0.2, 0.25) is 0 Å². The molecule has 0 saturated heterocycles. The maximum atomic E-state index is 13.6. The van der Waals surface area contributed by atoms with Crippen molar-refractivity contribution in [2.75, 3.05) is 19.9 Å². The van der Waals surface area contributed by atoms with Crippen LogP contribution in [0.3, 0.4) is 0 Å². The number of nitrogens with one attached hydrogen (secondary N) is 1. The molecule has 0 saturated carbocycles. The predicted octanol–water partition coefficient (Wildman–Crippen LogP) is 2.97. The van der Waals surface area contributed by atoms with Crippen LogP contribution in [0.5, 0.6) is 0 Å². The van der Waals surface area contributed by atoms with Gasteiger partial charge in [0.05, 0.1) is 18.0 Å². The fraction of sp³-hybridized carbons (Fsp3) is 0.278. The highest BCUT2D eigenvalue weighted by atomic mass is 32.2. The minimum atomic E-state index is -3.85. The maximum absolute atomic E-state index is 13.6. The van der Waals surface area contributed by atoms with Crippen molar-refractivity contribution in [2.24, 2.45) is 0 Å². The summed E-state index contributed by atoms with van der Waals surface area (Å²) >= 11 is 1.62. The minimum Gasteiger partial charge on any atom is -0.345 e. The third-order valence-electron chi connectivity index (χ3n) is 4.31. The molecule has 0 aliphatic carbocycles. The number of nitrogens with zero attached hydrogens (tertiary/aromatic N) is 1. The molecule has 3 rings (SSSR count). The fourth-order valence-electron chi connectivity index (χ4n) is 2.80. The summed E-state index contributed by atoms with van der Waals surface area (Å²) < 4.78 is 39.0. The van der Waals surface area contributed by atoms with Crippen LogP contribution >= 0.6 is 11.8 Å². The summed E-state index contributed by atoms with van der Waals surface area (Å²) in [5.74, 6) is 0.0295. The van der Waals surface area contributed by atoms with E-state index in [4.69, 9.17) is 4.84 Å². The van der Waals surface area contributed by atoms with Crippen molar-refractivity contribution in [3.8, 4) is 0 Å². The minimum absolute atomic E-state index is 0.0508. The number of fused-ring (bicyclic) bond motifs is 1. The zero-order valence-corrected chi connectivity index (χ0v) is 16.4. The molecule has 1 unspecified atom stereocenters. The van der Waals surface area contributed by atoms with Crippen LogP contribution in [0.1, 0.15) is 28.4 Å². The number of benzene rings is 2. The van der Waals surface area contributed by atoms with Gasteiger partial charge in [-0.2, -0.15) is 0 Å². The predicted molar refractivity (Wildman–Crippen MR) is 100 cm³/mol. The standard InChI is InChI=1S/C18H19FN2O4S2/c1-21(25-2)27(23,24)14-5-3-4-12(10-14)18(22)20-16-8-9-26-17-7-6-13(19)11-15(16)17/h3-7,10-11,16H,8-9H2,1-2H3,(H,20,22). The summed E-state index contributed by atoms with van der Waals surface area (Å²) in [5.41, 5.74) is 0.944. The van der Waals surface area contributed by atoms with Crippen molar-refractivity contribution in [2.45, 2.75) is 22.3 Å². The summed E-state index contributed by atoms with van der Waals surface area (Å²) in [6.45, 7) is 0. The number of carbonyl (C=O) groups excluding carboxylic acids is 1. The number of sulfonamides is 1. The van der Waals surface area contributed by atoms with E-state index < -0.39 is 15.9 Å². The van der Waals surface area contributed by atoms with Gasteiger partial charge in [0.1, 0.15) is 5.82 Å². The van der Waals surface area contributed by atoms with E-state index in [1.807, 2.05) is 0 Å². The Labute approximate surface area is 161 Å². The van der Waals surface area contributed by atoms with E-state index in [2.05, 4.69) is 5.32 Å². The first-order valence-electron chi connectivity index (χ1n) is 8.19. The van der Waals surface area contributed by atoms with E-state index in [0.717, 1.165) is 20.7 Å². The number of amides is 1. The van der Waals surface area contributed by atoms with Crippen LogP contribution in [-0.2, 0) is 14.9 Å². The zero-order chi connectivity index (χ0) is 19.6. The second kappa shape index (κ2) is 7.97. The zero-order valence-electron chi connectivity index (χ0n) is 14.8. The van der Waals surface area contributed by atoms with Gasteiger partial charge < -0.3 is 5.32 Å². The van der Waals surface area contributed by atoms with Gasteiger partial charge in [0.25, 0.3) is 15.9 Å². The maximum Gasteiger partial charge on any atom is 0.264 e. The van der Waals surface area contributed by atoms with E-state index in [9.17, 15) is 17.6 Å². The van der Waals surface area contributed by atoms with Gasteiger partial charge in [0.15, 0.2) is 0 Å². The number of carbonyl (C=O) groups is 1. The summed E-state index contributed by atoms with van der Waals surface area (Å²) in [4.78, 5) is 18.3. The van der Waals surface area contributed by atoms with Crippen molar-refractivity contribution in [3.05, 3.63) is 59.4 Å². The first kappa shape index (κ1) is 19.8. The van der Waals surface area contributed by atoms with Gasteiger partial charge in [0.2, 0.25) is 0 Å². The second-order valence-electron chi connectivity index (χ2n) is 5.97. The SMILES string of the molecule is CON(C)S(=O)(=O)c1cccc(C(=O)NC2CCSc3ccc(F)cc32)c1. The molecule has 27 heavy (non-hydrogen) atoms. The van der Waals surface area contributed by atoms with Gasteiger partial charge in [-0.15, -0.1) is 11.8 Å². The highest BCUT2D eigenvalue weighted by Crippen LogP contribution is 2.36. The molecule has 1 amide bonds. The smallest absolute Gasteiger partial charge is 0.264 e. The molecule has 0 radical (unpaired) electrons. The lowest BCUT2D eigenvalue weighted by Gasteiger charge is -2.26. The largest absolute Gasteiger partial charge is 0.345 e. The summed E-state index contributed by atoms with van der Waals surface area (Å²) in [6, 6.07) is 9.93. The molecule has 0 fully saturated rings. The van der Waals surface area contributed by atoms with Crippen molar-refractivity contribution >= 4 is 27.7 Å². The molecule has 1 atom stereocenters. The Morgan fingerprint density at radius 3 is 2.81 bits per heavy atom. The molecule has 2 aromatic carbocycles. The van der Waals surface area contributed by atoms with Gasteiger partial charge in [-0.05, 0) is 48.4 Å². The van der Waals surface area contributed by atoms with Crippen LogP contribution < -0.4 is 5.32 Å². The van der Waals surface area contributed by atoms with E-state index in [-0.39, 0.29) is 22.3 Å². The van der Waals surface area contributed by atoms with Crippen molar-refractivity contribution < 1.29 is 22.4 Å². The molecule has 1 aliphatic rings. The summed E-state index contributed by atoms with van der Waals surface area (Å²) in [6.07, 6.45) is 0.664. The third-order valence-corrected chi connectivity index (χ3v) is 7.10. The normalized spacial score (nSPS) is 16.8. The van der Waals surface area contributed by atoms with Gasteiger partial charge in [0, 0.05) is 23.3 Å². The molecule has 6 nitrogen and oxygen atoms in total. The topological polar surface area (TPSA) is 75.7 Å². The van der Waals surface area contributed by atoms with Gasteiger partial charge >= 0.3 is 0 Å². The fourth-order valence-corrected chi connectivity index (χ4v) is 4.93. The highest BCUT2D eigenvalue weighted by molar-refractivity contribution is 7.99. The Morgan fingerprint density at radius 1 is 1.30 bits per heavy atom. The lowest BCUT2D eigenvalue weighted by Crippen LogP contribution is -2.31. The number of hydrogen-bond acceptors (Lipinski definition) is 5. The third kappa shape index (κ3) is 4.16. The monoisotopic (exact) mass is 410 g/mol. The lowest BCUT2D eigenvalue weighted by molar-refractivity contribution is -0.0258. The highest BCUT2D eigenvalue weighted by Gasteiger charge is 2.25. The quantitative estimate of drug-likeness (QED) is 0.767. The van der Waals surface area contributed by atoms with Crippen LogP contribution in [-0.4, -0.2) is 38.7 Å². The van der Waals surface area contributed by atoms with E-state index in [1.165, 1.54) is 50.6 Å². The van der Waals surface area contributed by atoms with Gasteiger partial charge in [-0.25, -0.2) is 12.8 Å². The van der Waals surface area contributed by atoms with Crippen LogP contribution in [0.4, 0.5) is 4.39 Å². The number of thioether (sulfide) groups is 1. The Kier molecular flexibility index (Phi) is 5.85. The average Bonchev–Trinajstić information content (AvgIpc) is 2.67. The molecule has 9 heteroatoms. The Morgan fingerprint density at radius 2 is 2.07 bits per heavy atom. The first-order valence-corrected chi connectivity index (χ1v) is 10.6. The molecular weight excluding hydrogens is 391 g/mol. The van der Waals surface area contributed by atoms with Gasteiger partial charge in [-0.1, -0.05) is 10.5 Å². The molecule has 1 N–H and O–H groups in total. The molecular formula is C18H19FN2O4S2. The molecule has 0 bridgehead atoms. The van der Waals surface area contributed by atoms with Crippen LogP contribution in [0.15, 0.2) is 52.3 Å². The second-order valence-corrected chi connectivity index (χ2v) is 9.04. The Bertz CT molecular complexity index is 966. The molecule has 0 spiro atoms. The summed E-state index contributed by atoms with van der Waals surface area (Å²) in [5, 5.41) is 2.88. The van der Waals surface area contributed by atoms with Crippen molar-refractivity contribution in [1.82, 2.24) is 9.79 Å². The Balaban J connectivity index is 1.85.